The number of nitro groups is 1. The van der Waals surface area contributed by atoms with E-state index in [4.69, 9.17) is 30.5 Å². The number of hydrogen-bond donors (Lipinski definition) is 0. The predicted octanol–water partition coefficient (Wildman–Crippen LogP) is 2.31. The quantitative estimate of drug-likeness (QED) is 0.625. The zero-order chi connectivity index (χ0) is 14.0. The normalized spacial score (nSPS) is 15.5. The fourth-order valence-corrected chi connectivity index (χ4v) is 2.21. The van der Waals surface area contributed by atoms with Gasteiger partial charge in [-0.15, -0.1) is 0 Å². The zero-order valence-corrected chi connectivity index (χ0v) is 11.1. The maximum absolute atomic E-state index is 11.1. The highest BCUT2D eigenvalue weighted by Crippen LogP contribution is 2.46. The molecule has 0 aliphatic carbocycles. The Morgan fingerprint density at radius 2 is 2.00 bits per heavy atom. The van der Waals surface area contributed by atoms with Crippen molar-refractivity contribution in [1.29, 1.82) is 0 Å². The van der Waals surface area contributed by atoms with Crippen molar-refractivity contribution < 1.29 is 23.9 Å². The molecule has 19 heavy (non-hydrogen) atoms. The van der Waals surface area contributed by atoms with Crippen molar-refractivity contribution in [3.05, 3.63) is 26.8 Å². The monoisotopic (exact) mass is 289 g/mol. The van der Waals surface area contributed by atoms with Crippen molar-refractivity contribution in [2.75, 3.05) is 27.4 Å². The topological polar surface area (TPSA) is 80.1 Å². The summed E-state index contributed by atoms with van der Waals surface area (Å²) < 4.78 is 20.7. The third-order valence-electron chi connectivity index (χ3n) is 2.68. The average Bonchev–Trinajstić information content (AvgIpc) is 2.90. The number of nitro benzene ring substituents is 1. The van der Waals surface area contributed by atoms with Crippen LogP contribution in [0.15, 0.2) is 6.07 Å². The van der Waals surface area contributed by atoms with Crippen LogP contribution in [0.1, 0.15) is 11.9 Å². The van der Waals surface area contributed by atoms with Crippen molar-refractivity contribution in [3.63, 3.8) is 0 Å². The second-order valence-electron chi connectivity index (χ2n) is 3.69. The average molecular weight is 290 g/mol. The lowest BCUT2D eigenvalue weighted by molar-refractivity contribution is -0.386. The Morgan fingerprint density at radius 3 is 2.47 bits per heavy atom. The van der Waals surface area contributed by atoms with Gasteiger partial charge in [0.15, 0.2) is 17.8 Å². The summed E-state index contributed by atoms with van der Waals surface area (Å²) >= 11 is 6.15. The van der Waals surface area contributed by atoms with Gasteiger partial charge in [0.05, 0.1) is 38.4 Å². The molecule has 8 heteroatoms. The van der Waals surface area contributed by atoms with E-state index in [-0.39, 0.29) is 27.8 Å². The lowest BCUT2D eigenvalue weighted by Gasteiger charge is -2.16. The molecule has 104 valence electrons. The summed E-state index contributed by atoms with van der Waals surface area (Å²) in [6.45, 7) is 0.707. The van der Waals surface area contributed by atoms with Crippen LogP contribution in [0.4, 0.5) is 5.69 Å². The fraction of sp³-hybridized carbons (Fsp3) is 0.455. The number of ether oxygens (including phenoxy) is 4. The Morgan fingerprint density at radius 1 is 1.37 bits per heavy atom. The van der Waals surface area contributed by atoms with Crippen LogP contribution in [0.5, 0.6) is 11.5 Å². The maximum atomic E-state index is 11.1. The van der Waals surface area contributed by atoms with E-state index in [1.54, 1.807) is 0 Å². The van der Waals surface area contributed by atoms with Crippen LogP contribution in [0, 0.1) is 10.1 Å². The maximum Gasteiger partial charge on any atom is 0.283 e. The smallest absolute Gasteiger partial charge is 0.283 e. The molecule has 1 aliphatic heterocycles. The molecule has 7 nitrogen and oxygen atoms in total. The summed E-state index contributed by atoms with van der Waals surface area (Å²) in [5, 5.41) is 11.2. The van der Waals surface area contributed by atoms with Gasteiger partial charge in [-0.25, -0.2) is 0 Å². The highest BCUT2D eigenvalue weighted by Gasteiger charge is 2.33. The van der Waals surface area contributed by atoms with Gasteiger partial charge < -0.3 is 18.9 Å². The second kappa shape index (κ2) is 5.60. The largest absolute Gasteiger partial charge is 0.493 e. The zero-order valence-electron chi connectivity index (χ0n) is 10.3. The first-order valence-corrected chi connectivity index (χ1v) is 5.80. The van der Waals surface area contributed by atoms with Gasteiger partial charge in [0.25, 0.3) is 5.69 Å². The van der Waals surface area contributed by atoms with Gasteiger partial charge in [0.1, 0.15) is 10.6 Å². The summed E-state index contributed by atoms with van der Waals surface area (Å²) in [6, 6.07) is 1.24. The predicted molar refractivity (Wildman–Crippen MR) is 65.9 cm³/mol. The Hall–Kier alpha value is -1.57. The van der Waals surface area contributed by atoms with E-state index >= 15 is 0 Å². The summed E-state index contributed by atoms with van der Waals surface area (Å²) in [4.78, 5) is 10.6. The molecule has 0 radical (unpaired) electrons. The SMILES string of the molecule is COc1cc([N+](=O)[O-])c(C2OCCO2)c(Cl)c1OC. The van der Waals surface area contributed by atoms with E-state index in [2.05, 4.69) is 0 Å². The van der Waals surface area contributed by atoms with Crippen molar-refractivity contribution >= 4 is 17.3 Å². The number of rotatable bonds is 4. The van der Waals surface area contributed by atoms with E-state index in [0.717, 1.165) is 0 Å². The Kier molecular flexibility index (Phi) is 4.08. The minimum Gasteiger partial charge on any atom is -0.493 e. The Labute approximate surface area is 114 Å². The first kappa shape index (κ1) is 13.9. The summed E-state index contributed by atoms with van der Waals surface area (Å²) in [6.07, 6.45) is -0.868. The van der Waals surface area contributed by atoms with E-state index in [1.807, 2.05) is 0 Å². The lowest BCUT2D eigenvalue weighted by atomic mass is 10.1. The molecule has 1 fully saturated rings. The second-order valence-corrected chi connectivity index (χ2v) is 4.07. The molecule has 0 unspecified atom stereocenters. The Bertz CT molecular complexity index is 500. The molecule has 0 N–H and O–H groups in total. The van der Waals surface area contributed by atoms with E-state index in [0.29, 0.717) is 13.2 Å². The van der Waals surface area contributed by atoms with Crippen molar-refractivity contribution in [1.82, 2.24) is 0 Å². The third-order valence-corrected chi connectivity index (χ3v) is 3.06. The number of methoxy groups -OCH3 is 2. The number of benzene rings is 1. The van der Waals surface area contributed by atoms with Gasteiger partial charge >= 0.3 is 0 Å². The Balaban J connectivity index is 2.63. The molecule has 1 aromatic carbocycles. The van der Waals surface area contributed by atoms with Gasteiger partial charge in [0, 0.05) is 0 Å². The minimum absolute atomic E-state index is 0.0560. The van der Waals surface area contributed by atoms with Crippen LogP contribution in [0.2, 0.25) is 5.02 Å². The van der Waals surface area contributed by atoms with Gasteiger partial charge in [-0.3, -0.25) is 10.1 Å². The van der Waals surface area contributed by atoms with Gasteiger partial charge in [-0.05, 0) is 0 Å². The molecule has 1 aromatic rings. The van der Waals surface area contributed by atoms with Gasteiger partial charge in [0.2, 0.25) is 0 Å². The molecule has 0 bridgehead atoms. The molecule has 0 saturated carbocycles. The molecule has 2 rings (SSSR count). The molecular weight excluding hydrogens is 278 g/mol. The first-order valence-electron chi connectivity index (χ1n) is 5.42. The lowest BCUT2D eigenvalue weighted by Crippen LogP contribution is -2.06. The third kappa shape index (κ3) is 2.44. The molecule has 0 amide bonds. The van der Waals surface area contributed by atoms with Crippen LogP contribution < -0.4 is 9.47 Å². The van der Waals surface area contributed by atoms with E-state index in [9.17, 15) is 10.1 Å². The van der Waals surface area contributed by atoms with Crippen LogP contribution in [-0.4, -0.2) is 32.4 Å². The first-order chi connectivity index (χ1) is 9.10. The molecule has 0 spiro atoms. The van der Waals surface area contributed by atoms with Crippen molar-refractivity contribution in [2.24, 2.45) is 0 Å². The number of hydrogen-bond acceptors (Lipinski definition) is 6. The van der Waals surface area contributed by atoms with Crippen molar-refractivity contribution in [2.45, 2.75) is 6.29 Å². The summed E-state index contributed by atoms with van der Waals surface area (Å²) in [7, 11) is 2.77. The molecule has 0 atom stereocenters. The van der Waals surface area contributed by atoms with E-state index in [1.165, 1.54) is 20.3 Å². The van der Waals surface area contributed by atoms with E-state index < -0.39 is 11.2 Å². The molecular formula is C11H12ClNO6. The standard InChI is InChI=1S/C11H12ClNO6/c1-16-7-5-6(13(14)15)8(9(12)10(7)17-2)11-18-3-4-19-11/h5,11H,3-4H2,1-2H3. The van der Waals surface area contributed by atoms with Crippen LogP contribution in [-0.2, 0) is 9.47 Å². The van der Waals surface area contributed by atoms with Crippen molar-refractivity contribution in [3.8, 4) is 11.5 Å². The van der Waals surface area contributed by atoms with Crippen LogP contribution in [0.25, 0.3) is 0 Å². The van der Waals surface area contributed by atoms with Crippen LogP contribution in [0.3, 0.4) is 0 Å². The number of halogens is 1. The molecule has 1 aliphatic rings. The fourth-order valence-electron chi connectivity index (χ4n) is 1.85. The molecule has 1 saturated heterocycles. The molecule has 0 aromatic heterocycles. The minimum atomic E-state index is -0.868. The van der Waals surface area contributed by atoms with Gasteiger partial charge in [-0.2, -0.15) is 0 Å². The molecule has 1 heterocycles. The number of nitrogens with zero attached hydrogens (tertiary/aromatic N) is 1. The van der Waals surface area contributed by atoms with Crippen LogP contribution >= 0.6 is 11.6 Å². The summed E-state index contributed by atoms with van der Waals surface area (Å²) in [5.41, 5.74) is -0.0867. The van der Waals surface area contributed by atoms with Gasteiger partial charge in [-0.1, -0.05) is 11.6 Å². The summed E-state index contributed by atoms with van der Waals surface area (Å²) in [5.74, 6) is 0.393. The highest BCUT2D eigenvalue weighted by molar-refractivity contribution is 6.33. The highest BCUT2D eigenvalue weighted by atomic mass is 35.5.